The van der Waals surface area contributed by atoms with Gasteiger partial charge in [0.1, 0.15) is 0 Å². The van der Waals surface area contributed by atoms with Crippen molar-refractivity contribution in [2.75, 3.05) is 32.7 Å². The Morgan fingerprint density at radius 2 is 1.79 bits per heavy atom. The van der Waals surface area contributed by atoms with Gasteiger partial charge in [-0.1, -0.05) is 12.8 Å². The molecule has 1 aliphatic carbocycles. The number of carbonyl (C=O) groups is 1. The van der Waals surface area contributed by atoms with Crippen LogP contribution in [-0.4, -0.2) is 79.2 Å². The number of alkyl halides is 1. The van der Waals surface area contributed by atoms with Crippen LogP contribution in [0.5, 0.6) is 0 Å². The lowest BCUT2D eigenvalue weighted by atomic mass is 9.72. The minimum Gasteiger partial charge on any atom is -0.350 e. The Labute approximate surface area is 204 Å². The van der Waals surface area contributed by atoms with Crippen molar-refractivity contribution in [3.63, 3.8) is 0 Å². The number of hydrogen-bond acceptors (Lipinski definition) is 7. The highest BCUT2D eigenvalue weighted by molar-refractivity contribution is 6.20. The number of rotatable bonds is 5. The summed E-state index contributed by atoms with van der Waals surface area (Å²) in [5.41, 5.74) is 19.0. The number of nitrogens with one attached hydrogen (secondary N) is 3. The zero-order valence-corrected chi connectivity index (χ0v) is 20.9. The molecular formula is C24H46ClN7O. The van der Waals surface area contributed by atoms with E-state index in [-0.39, 0.29) is 28.8 Å². The molecule has 1 spiro atoms. The van der Waals surface area contributed by atoms with Crippen LogP contribution in [0.3, 0.4) is 0 Å². The molecule has 9 N–H and O–H groups in total. The summed E-state index contributed by atoms with van der Waals surface area (Å²) in [6.07, 6.45) is 10.4. The van der Waals surface area contributed by atoms with E-state index in [0.29, 0.717) is 18.6 Å². The van der Waals surface area contributed by atoms with E-state index in [1.165, 1.54) is 25.7 Å². The second-order valence-corrected chi connectivity index (χ2v) is 11.8. The van der Waals surface area contributed by atoms with Crippen molar-refractivity contribution in [3.05, 3.63) is 0 Å². The second kappa shape index (κ2) is 11.5. The fourth-order valence-electron chi connectivity index (χ4n) is 6.90. The summed E-state index contributed by atoms with van der Waals surface area (Å²) in [6, 6.07) is 0.634. The lowest BCUT2D eigenvalue weighted by molar-refractivity contribution is -0.128. The molecule has 3 aliphatic heterocycles. The third-order valence-corrected chi connectivity index (χ3v) is 9.25. The lowest BCUT2D eigenvalue weighted by Crippen LogP contribution is -2.65. The van der Waals surface area contributed by atoms with Crippen LogP contribution in [0.15, 0.2) is 0 Å². The van der Waals surface area contributed by atoms with Gasteiger partial charge in [0.2, 0.25) is 5.91 Å². The van der Waals surface area contributed by atoms with Gasteiger partial charge in [0.15, 0.2) is 0 Å². The number of likely N-dealkylation sites (tertiary alicyclic amines) is 1. The maximum Gasteiger partial charge on any atom is 0.227 e. The molecular weight excluding hydrogens is 438 g/mol. The number of hydrogen-bond donors (Lipinski definition) is 6. The van der Waals surface area contributed by atoms with Crippen molar-refractivity contribution in [2.24, 2.45) is 28.5 Å². The molecule has 8 nitrogen and oxygen atoms in total. The first-order chi connectivity index (χ1) is 15.9. The Morgan fingerprint density at radius 1 is 1.06 bits per heavy atom. The molecule has 33 heavy (non-hydrogen) atoms. The molecule has 9 heteroatoms. The molecule has 4 rings (SSSR count). The highest BCUT2D eigenvalue weighted by Crippen LogP contribution is 2.47. The monoisotopic (exact) mass is 483 g/mol. The smallest absolute Gasteiger partial charge is 0.227 e. The van der Waals surface area contributed by atoms with Crippen LogP contribution in [0.25, 0.3) is 0 Å². The van der Waals surface area contributed by atoms with Gasteiger partial charge in [0, 0.05) is 36.6 Å². The molecule has 190 valence electrons. The quantitative estimate of drug-likeness (QED) is 0.246. The van der Waals surface area contributed by atoms with Crippen LogP contribution in [0.4, 0.5) is 0 Å². The Balaban J connectivity index is 1.46. The van der Waals surface area contributed by atoms with E-state index in [1.807, 2.05) is 0 Å². The van der Waals surface area contributed by atoms with E-state index in [1.54, 1.807) is 0 Å². The largest absolute Gasteiger partial charge is 0.350 e. The van der Waals surface area contributed by atoms with E-state index in [0.717, 1.165) is 64.7 Å². The molecule has 4 fully saturated rings. The van der Waals surface area contributed by atoms with Crippen LogP contribution in [-0.2, 0) is 4.79 Å². The molecule has 1 saturated carbocycles. The van der Waals surface area contributed by atoms with Crippen molar-refractivity contribution in [1.82, 2.24) is 20.9 Å². The predicted molar refractivity (Wildman–Crippen MR) is 134 cm³/mol. The molecule has 0 aromatic rings. The van der Waals surface area contributed by atoms with Gasteiger partial charge in [-0.15, -0.1) is 11.6 Å². The van der Waals surface area contributed by atoms with Gasteiger partial charge in [0.25, 0.3) is 0 Å². The van der Waals surface area contributed by atoms with E-state index in [2.05, 4.69) is 20.9 Å². The topological polar surface area (TPSA) is 134 Å². The first kappa shape index (κ1) is 25.6. The van der Waals surface area contributed by atoms with Crippen molar-refractivity contribution in [3.8, 4) is 0 Å². The van der Waals surface area contributed by atoms with Gasteiger partial charge in [0.05, 0.1) is 18.1 Å². The van der Waals surface area contributed by atoms with Crippen molar-refractivity contribution < 1.29 is 4.79 Å². The predicted octanol–water partition coefficient (Wildman–Crippen LogP) is 0.426. The standard InChI is InChI=1S/C24H46ClN7O/c25-16-3-9-24(7-1-2-8-24)13-18(30-14-16)21(22(27)28)23(33)31-19-15-29-10-4-20(19)32-11-5-17(26)6-12-32/h16-22,29-30H,1-15,26-28H2,(H,31,33). The van der Waals surface area contributed by atoms with E-state index < -0.39 is 12.1 Å². The minimum absolute atomic E-state index is 0.0187. The van der Waals surface area contributed by atoms with Crippen LogP contribution >= 0.6 is 11.6 Å². The highest BCUT2D eigenvalue weighted by Gasteiger charge is 2.43. The number of piperidine rings is 2. The highest BCUT2D eigenvalue weighted by atomic mass is 35.5. The SMILES string of the molecule is NC1CCN(C2CCNCC2NC(=O)C(C(N)N)C2CC3(CCCC3)CCC(Cl)CN2)CC1. The molecule has 0 aromatic carbocycles. The van der Waals surface area contributed by atoms with Crippen LogP contribution in [0.1, 0.15) is 64.2 Å². The van der Waals surface area contributed by atoms with Crippen LogP contribution in [0, 0.1) is 11.3 Å². The van der Waals surface area contributed by atoms with E-state index in [9.17, 15) is 4.79 Å². The fourth-order valence-corrected chi connectivity index (χ4v) is 7.10. The minimum atomic E-state index is -0.711. The average molecular weight is 484 g/mol. The number of nitrogens with zero attached hydrogens (tertiary/aromatic N) is 1. The van der Waals surface area contributed by atoms with Gasteiger partial charge in [-0.05, 0) is 76.4 Å². The molecule has 4 aliphatic rings. The fraction of sp³-hybridized carbons (Fsp3) is 0.958. The van der Waals surface area contributed by atoms with Gasteiger partial charge in [-0.2, -0.15) is 0 Å². The van der Waals surface area contributed by atoms with E-state index in [4.69, 9.17) is 28.8 Å². The summed E-state index contributed by atoms with van der Waals surface area (Å²) in [6.45, 7) is 4.45. The Hall–Kier alpha value is -0.480. The molecule has 3 heterocycles. The third-order valence-electron chi connectivity index (χ3n) is 8.87. The summed E-state index contributed by atoms with van der Waals surface area (Å²) in [4.78, 5) is 16.2. The van der Waals surface area contributed by atoms with E-state index >= 15 is 0 Å². The van der Waals surface area contributed by atoms with Gasteiger partial charge >= 0.3 is 0 Å². The normalized spacial score (nSPS) is 35.3. The first-order valence-corrected chi connectivity index (χ1v) is 13.7. The number of nitrogens with two attached hydrogens (primary N) is 3. The summed E-state index contributed by atoms with van der Waals surface area (Å²) in [5.74, 6) is -0.489. The zero-order chi connectivity index (χ0) is 23.4. The summed E-state index contributed by atoms with van der Waals surface area (Å²) >= 11 is 6.61. The van der Waals surface area contributed by atoms with Gasteiger partial charge in [-0.3, -0.25) is 9.69 Å². The number of halogens is 1. The molecule has 0 aromatic heterocycles. The van der Waals surface area contributed by atoms with Gasteiger partial charge < -0.3 is 33.2 Å². The summed E-state index contributed by atoms with van der Waals surface area (Å²) in [7, 11) is 0. The van der Waals surface area contributed by atoms with Crippen molar-refractivity contribution in [1.29, 1.82) is 0 Å². The van der Waals surface area contributed by atoms with Crippen molar-refractivity contribution >= 4 is 17.5 Å². The molecule has 0 bridgehead atoms. The lowest BCUT2D eigenvalue weighted by Gasteiger charge is -2.44. The second-order valence-electron chi connectivity index (χ2n) is 11.2. The maximum absolute atomic E-state index is 13.7. The molecule has 0 radical (unpaired) electrons. The molecule has 1 amide bonds. The van der Waals surface area contributed by atoms with Crippen LogP contribution < -0.4 is 33.2 Å². The Bertz CT molecular complexity index is 636. The number of amides is 1. The van der Waals surface area contributed by atoms with Crippen LogP contribution in [0.2, 0.25) is 0 Å². The number of carbonyl (C=O) groups excluding carboxylic acids is 1. The first-order valence-electron chi connectivity index (χ1n) is 13.3. The maximum atomic E-state index is 13.7. The molecule has 5 atom stereocenters. The Kier molecular flexibility index (Phi) is 8.93. The van der Waals surface area contributed by atoms with Gasteiger partial charge in [-0.25, -0.2) is 0 Å². The average Bonchev–Trinajstić information content (AvgIpc) is 3.25. The molecule has 3 saturated heterocycles. The summed E-state index contributed by atoms with van der Waals surface area (Å²) in [5, 5.41) is 10.5. The molecule has 5 unspecified atom stereocenters. The Morgan fingerprint density at radius 3 is 2.48 bits per heavy atom. The van der Waals surface area contributed by atoms with Crippen molar-refractivity contribution in [2.45, 2.75) is 99.9 Å². The zero-order valence-electron chi connectivity index (χ0n) is 20.1. The third kappa shape index (κ3) is 6.40. The summed E-state index contributed by atoms with van der Waals surface area (Å²) < 4.78 is 0.